The molecular formula is C17H20Cl2O5S. The lowest BCUT2D eigenvalue weighted by atomic mass is 10.0. The Bertz CT molecular complexity index is 635. The van der Waals surface area contributed by atoms with Crippen LogP contribution in [0.3, 0.4) is 0 Å². The van der Waals surface area contributed by atoms with Crippen molar-refractivity contribution in [2.75, 3.05) is 11.5 Å². The van der Waals surface area contributed by atoms with Crippen molar-refractivity contribution in [3.05, 3.63) is 39.9 Å². The third-order valence-corrected chi connectivity index (χ3v) is 5.17. The number of carboxylic acids is 2. The summed E-state index contributed by atoms with van der Waals surface area (Å²) >= 11 is 13.1. The van der Waals surface area contributed by atoms with Gasteiger partial charge in [-0.05, 0) is 42.7 Å². The lowest BCUT2D eigenvalue weighted by Crippen LogP contribution is -2.43. The number of carbonyl (C=O) groups is 2. The van der Waals surface area contributed by atoms with Gasteiger partial charge in [0.15, 0.2) is 5.60 Å². The van der Waals surface area contributed by atoms with Gasteiger partial charge < -0.3 is 15.3 Å². The zero-order chi connectivity index (χ0) is 18.9. The van der Waals surface area contributed by atoms with Crippen molar-refractivity contribution in [2.24, 2.45) is 0 Å². The molecule has 0 aliphatic rings. The van der Waals surface area contributed by atoms with Crippen LogP contribution >= 0.6 is 35.0 Å². The van der Waals surface area contributed by atoms with Gasteiger partial charge in [0.1, 0.15) is 0 Å². The summed E-state index contributed by atoms with van der Waals surface area (Å²) in [5, 5.41) is 28.6. The Morgan fingerprint density at radius 3 is 2.52 bits per heavy atom. The maximum atomic E-state index is 11.0. The van der Waals surface area contributed by atoms with Gasteiger partial charge in [-0.25, -0.2) is 4.79 Å². The van der Waals surface area contributed by atoms with Crippen molar-refractivity contribution >= 4 is 53.0 Å². The van der Waals surface area contributed by atoms with Gasteiger partial charge >= 0.3 is 11.9 Å². The maximum absolute atomic E-state index is 11.0. The quantitative estimate of drug-likeness (QED) is 0.476. The van der Waals surface area contributed by atoms with E-state index in [0.29, 0.717) is 15.8 Å². The number of aliphatic hydroxyl groups is 1. The van der Waals surface area contributed by atoms with E-state index in [9.17, 15) is 14.7 Å². The number of halogens is 2. The van der Waals surface area contributed by atoms with Crippen molar-refractivity contribution in [3.8, 4) is 0 Å². The van der Waals surface area contributed by atoms with Gasteiger partial charge in [-0.2, -0.15) is 11.8 Å². The highest BCUT2D eigenvalue weighted by Gasteiger charge is 2.38. The number of carboxylic acid groups (broad SMARTS) is 2. The molecule has 1 unspecified atom stereocenters. The molecule has 1 aromatic carbocycles. The minimum Gasteiger partial charge on any atom is -0.481 e. The first-order valence-electron chi connectivity index (χ1n) is 7.61. The van der Waals surface area contributed by atoms with E-state index < -0.39 is 24.0 Å². The minimum atomic E-state index is -2.22. The number of rotatable bonds is 11. The second kappa shape index (κ2) is 10.7. The first kappa shape index (κ1) is 21.8. The van der Waals surface area contributed by atoms with Crippen LogP contribution in [-0.4, -0.2) is 44.4 Å². The summed E-state index contributed by atoms with van der Waals surface area (Å²) in [6.45, 7) is 0. The van der Waals surface area contributed by atoms with Gasteiger partial charge in [0.25, 0.3) is 0 Å². The molecule has 0 saturated carbocycles. The molecule has 5 nitrogen and oxygen atoms in total. The fourth-order valence-electron chi connectivity index (χ4n) is 1.99. The normalized spacial score (nSPS) is 13.7. The summed E-state index contributed by atoms with van der Waals surface area (Å²) < 4.78 is 0. The highest BCUT2D eigenvalue weighted by atomic mass is 35.5. The molecule has 0 bridgehead atoms. The molecule has 0 spiro atoms. The number of hydrogen-bond acceptors (Lipinski definition) is 4. The maximum Gasteiger partial charge on any atom is 0.337 e. The first-order chi connectivity index (χ1) is 11.7. The second-order valence-electron chi connectivity index (χ2n) is 5.52. The van der Waals surface area contributed by atoms with Gasteiger partial charge in [-0.1, -0.05) is 41.4 Å². The van der Waals surface area contributed by atoms with E-state index >= 15 is 0 Å². The molecule has 25 heavy (non-hydrogen) atoms. The van der Waals surface area contributed by atoms with E-state index in [1.807, 2.05) is 18.2 Å². The third kappa shape index (κ3) is 8.14. The molecule has 8 heteroatoms. The molecule has 0 aromatic heterocycles. The lowest BCUT2D eigenvalue weighted by molar-refractivity contribution is -0.162. The Morgan fingerprint density at radius 1 is 1.20 bits per heavy atom. The van der Waals surface area contributed by atoms with E-state index in [1.165, 1.54) is 11.8 Å². The van der Waals surface area contributed by atoms with E-state index in [0.717, 1.165) is 24.8 Å². The standard InChI is InChI=1S/C17H20Cl2O5S/c18-13-7-6-12(14(19)9-13)5-3-1-2-4-8-25-11-17(24,16(22)23)10-15(20)21/h3,5-7,9,24H,1-2,4,8,10-11H2,(H,20,21)(H,22,23)/b5-3+. The van der Waals surface area contributed by atoms with Crippen LogP contribution in [-0.2, 0) is 9.59 Å². The average Bonchev–Trinajstić information content (AvgIpc) is 2.50. The topological polar surface area (TPSA) is 94.8 Å². The monoisotopic (exact) mass is 406 g/mol. The van der Waals surface area contributed by atoms with Crippen LogP contribution in [0.1, 0.15) is 31.2 Å². The first-order valence-corrected chi connectivity index (χ1v) is 9.52. The van der Waals surface area contributed by atoms with Crippen molar-refractivity contribution in [3.63, 3.8) is 0 Å². The van der Waals surface area contributed by atoms with Crippen LogP contribution in [0.5, 0.6) is 0 Å². The van der Waals surface area contributed by atoms with Gasteiger partial charge in [-0.15, -0.1) is 0 Å². The van der Waals surface area contributed by atoms with E-state index in [-0.39, 0.29) is 5.75 Å². The molecule has 0 amide bonds. The van der Waals surface area contributed by atoms with E-state index in [4.69, 9.17) is 33.4 Å². The van der Waals surface area contributed by atoms with Crippen molar-refractivity contribution in [2.45, 2.75) is 31.3 Å². The number of thioether (sulfide) groups is 1. The van der Waals surface area contributed by atoms with Gasteiger partial charge in [0, 0.05) is 15.8 Å². The fourth-order valence-corrected chi connectivity index (χ4v) is 3.58. The largest absolute Gasteiger partial charge is 0.481 e. The van der Waals surface area contributed by atoms with Gasteiger partial charge in [-0.3, -0.25) is 4.79 Å². The SMILES string of the molecule is O=C(O)CC(O)(CSCCCC/C=C/c1ccc(Cl)cc1Cl)C(=O)O. The summed E-state index contributed by atoms with van der Waals surface area (Å²) in [7, 11) is 0. The van der Waals surface area contributed by atoms with Gasteiger partial charge in [0.05, 0.1) is 6.42 Å². The molecule has 0 aliphatic heterocycles. The van der Waals surface area contributed by atoms with Crippen molar-refractivity contribution < 1.29 is 24.9 Å². The summed E-state index contributed by atoms with van der Waals surface area (Å²) in [6, 6.07) is 5.29. The molecule has 1 rings (SSSR count). The lowest BCUT2D eigenvalue weighted by Gasteiger charge is -2.20. The predicted octanol–water partition coefficient (Wildman–Crippen LogP) is 4.20. The number of benzene rings is 1. The van der Waals surface area contributed by atoms with Crippen LogP contribution < -0.4 is 0 Å². The Labute approximate surface area is 160 Å². The zero-order valence-electron chi connectivity index (χ0n) is 13.5. The van der Waals surface area contributed by atoms with Crippen molar-refractivity contribution in [1.29, 1.82) is 0 Å². The number of allylic oxidation sites excluding steroid dienone is 1. The highest BCUT2D eigenvalue weighted by molar-refractivity contribution is 7.99. The summed E-state index contributed by atoms with van der Waals surface area (Å²) in [4.78, 5) is 21.6. The van der Waals surface area contributed by atoms with Gasteiger partial charge in [0.2, 0.25) is 0 Å². The van der Waals surface area contributed by atoms with Crippen LogP contribution in [0, 0.1) is 0 Å². The highest BCUT2D eigenvalue weighted by Crippen LogP contribution is 2.23. The predicted molar refractivity (Wildman–Crippen MR) is 102 cm³/mol. The van der Waals surface area contributed by atoms with Crippen LogP contribution in [0.4, 0.5) is 0 Å². The molecule has 0 heterocycles. The number of unbranched alkanes of at least 4 members (excludes halogenated alkanes) is 2. The molecule has 0 fully saturated rings. The minimum absolute atomic E-state index is 0.148. The average molecular weight is 407 g/mol. The fraction of sp³-hybridized carbons (Fsp3) is 0.412. The number of aliphatic carboxylic acids is 2. The zero-order valence-corrected chi connectivity index (χ0v) is 15.8. The Kier molecular flexibility index (Phi) is 9.35. The molecule has 0 radical (unpaired) electrons. The summed E-state index contributed by atoms with van der Waals surface area (Å²) in [5.41, 5.74) is -1.33. The summed E-state index contributed by atoms with van der Waals surface area (Å²) in [5.74, 6) is -2.35. The van der Waals surface area contributed by atoms with Crippen molar-refractivity contribution in [1.82, 2.24) is 0 Å². The smallest absolute Gasteiger partial charge is 0.337 e. The van der Waals surface area contributed by atoms with Crippen LogP contribution in [0.25, 0.3) is 6.08 Å². The molecule has 0 saturated heterocycles. The number of hydrogen-bond donors (Lipinski definition) is 3. The molecule has 138 valence electrons. The molecular weight excluding hydrogens is 387 g/mol. The van der Waals surface area contributed by atoms with E-state index in [2.05, 4.69) is 0 Å². The molecule has 1 aromatic rings. The Hall–Kier alpha value is -1.21. The Balaban J connectivity index is 2.26. The molecule has 3 N–H and O–H groups in total. The summed E-state index contributed by atoms with van der Waals surface area (Å²) in [6.07, 6.45) is 5.66. The second-order valence-corrected chi connectivity index (χ2v) is 7.47. The van der Waals surface area contributed by atoms with Crippen LogP contribution in [0.15, 0.2) is 24.3 Å². The van der Waals surface area contributed by atoms with E-state index in [1.54, 1.807) is 12.1 Å². The third-order valence-electron chi connectivity index (χ3n) is 3.35. The van der Waals surface area contributed by atoms with Crippen LogP contribution in [0.2, 0.25) is 10.0 Å². The Morgan fingerprint density at radius 2 is 1.92 bits per heavy atom. The molecule has 0 aliphatic carbocycles. The molecule has 1 atom stereocenters.